The number of thiocarbonyl (C=S) groups is 1. The van der Waals surface area contributed by atoms with E-state index in [2.05, 4.69) is 17.0 Å². The Labute approximate surface area is 152 Å². The molecule has 2 heterocycles. The van der Waals surface area contributed by atoms with Crippen molar-refractivity contribution < 1.29 is 4.79 Å². The van der Waals surface area contributed by atoms with Crippen molar-refractivity contribution in [3.63, 3.8) is 0 Å². The van der Waals surface area contributed by atoms with Crippen LogP contribution in [0.2, 0.25) is 5.15 Å². The maximum Gasteiger partial charge on any atom is 0.265 e. The summed E-state index contributed by atoms with van der Waals surface area (Å²) in [6, 6.07) is 0. The van der Waals surface area contributed by atoms with Gasteiger partial charge in [0.25, 0.3) is 5.91 Å². The molecule has 2 rings (SSSR count). The van der Waals surface area contributed by atoms with E-state index in [1.54, 1.807) is 27.8 Å². The summed E-state index contributed by atoms with van der Waals surface area (Å²) in [5, 5.41) is 11.8. The Kier molecular flexibility index (Phi) is 6.01. The fourth-order valence-corrected chi connectivity index (χ4v) is 2.95. The van der Waals surface area contributed by atoms with Gasteiger partial charge in [-0.2, -0.15) is 5.10 Å². The van der Waals surface area contributed by atoms with Crippen LogP contribution in [0.15, 0.2) is 18.2 Å². The minimum absolute atomic E-state index is 0.133. The molecule has 0 spiro atoms. The third kappa shape index (κ3) is 4.15. The zero-order valence-electron chi connectivity index (χ0n) is 14.2. The molecule has 0 radical (unpaired) electrons. The van der Waals surface area contributed by atoms with Gasteiger partial charge >= 0.3 is 0 Å². The summed E-state index contributed by atoms with van der Waals surface area (Å²) in [7, 11) is 1.77. The average Bonchev–Trinajstić information content (AvgIpc) is 3.09. The van der Waals surface area contributed by atoms with Crippen LogP contribution in [0, 0.1) is 6.92 Å². The normalized spacial score (nSPS) is 14.5. The molecule has 0 aliphatic carbocycles. The number of hydrogen-bond acceptors (Lipinski definition) is 3. The Hall–Kier alpha value is -1.86. The first-order valence-corrected chi connectivity index (χ1v) is 8.48. The molecule has 1 amide bonds. The van der Waals surface area contributed by atoms with E-state index in [0.29, 0.717) is 29.9 Å². The highest BCUT2D eigenvalue weighted by Crippen LogP contribution is 2.20. The van der Waals surface area contributed by atoms with Gasteiger partial charge in [-0.05, 0) is 38.6 Å². The monoisotopic (exact) mass is 367 g/mol. The summed E-state index contributed by atoms with van der Waals surface area (Å²) in [6.07, 6.45) is 4.09. The van der Waals surface area contributed by atoms with E-state index in [1.807, 2.05) is 13.8 Å². The molecule has 0 unspecified atom stereocenters. The lowest BCUT2D eigenvalue weighted by atomic mass is 10.2. The molecule has 1 N–H and O–H groups in total. The minimum Gasteiger partial charge on any atom is -0.357 e. The third-order valence-electron chi connectivity index (χ3n) is 3.65. The summed E-state index contributed by atoms with van der Waals surface area (Å²) >= 11 is 11.6. The summed E-state index contributed by atoms with van der Waals surface area (Å²) < 4.78 is 1.58. The second-order valence-electron chi connectivity index (χ2n) is 5.80. The molecule has 1 fully saturated rings. The number of nitrogens with zero attached hydrogens (tertiary/aromatic N) is 4. The van der Waals surface area contributed by atoms with Gasteiger partial charge in [0.15, 0.2) is 5.11 Å². The molecule has 24 heavy (non-hydrogen) atoms. The van der Waals surface area contributed by atoms with Crippen molar-refractivity contribution in [2.45, 2.75) is 20.3 Å². The SMILES string of the molecule is C=C(C)CNC(=S)N1CCCN1C(=O)C=Cc1c(C)nn(C)c1Cl. The van der Waals surface area contributed by atoms with E-state index in [-0.39, 0.29) is 5.91 Å². The molecule has 8 heteroatoms. The lowest BCUT2D eigenvalue weighted by Gasteiger charge is -2.29. The first-order chi connectivity index (χ1) is 11.3. The number of halogens is 1. The molecule has 6 nitrogen and oxygen atoms in total. The zero-order chi connectivity index (χ0) is 17.9. The molecule has 0 bridgehead atoms. The zero-order valence-corrected chi connectivity index (χ0v) is 15.7. The van der Waals surface area contributed by atoms with Gasteiger partial charge in [0, 0.05) is 38.3 Å². The lowest BCUT2D eigenvalue weighted by molar-refractivity contribution is -0.133. The summed E-state index contributed by atoms with van der Waals surface area (Å²) in [5.41, 5.74) is 2.51. The first-order valence-electron chi connectivity index (χ1n) is 7.69. The topological polar surface area (TPSA) is 53.4 Å². The van der Waals surface area contributed by atoms with Crippen molar-refractivity contribution in [1.29, 1.82) is 0 Å². The number of amides is 1. The lowest BCUT2D eigenvalue weighted by Crippen LogP contribution is -2.48. The molecular weight excluding hydrogens is 346 g/mol. The number of aryl methyl sites for hydroxylation is 2. The van der Waals surface area contributed by atoms with Crippen LogP contribution in [0.4, 0.5) is 0 Å². The second-order valence-corrected chi connectivity index (χ2v) is 6.55. The van der Waals surface area contributed by atoms with Crippen LogP contribution in [0.1, 0.15) is 24.6 Å². The van der Waals surface area contributed by atoms with Gasteiger partial charge in [-0.3, -0.25) is 14.5 Å². The highest BCUT2D eigenvalue weighted by atomic mass is 35.5. The van der Waals surface area contributed by atoms with Crippen LogP contribution in [0.5, 0.6) is 0 Å². The van der Waals surface area contributed by atoms with Crippen LogP contribution in [-0.4, -0.2) is 50.5 Å². The minimum atomic E-state index is -0.133. The standard InChI is InChI=1S/C16H22ClN5OS/c1-11(2)10-18-16(24)22-9-5-8-21(22)14(23)7-6-13-12(3)19-20(4)15(13)17/h6-7H,1,5,8-10H2,2-4H3,(H,18,24). The predicted octanol–water partition coefficient (Wildman–Crippen LogP) is 2.30. The van der Waals surface area contributed by atoms with E-state index >= 15 is 0 Å². The largest absolute Gasteiger partial charge is 0.357 e. The van der Waals surface area contributed by atoms with Gasteiger partial charge in [0.2, 0.25) is 0 Å². The van der Waals surface area contributed by atoms with Crippen molar-refractivity contribution in [2.75, 3.05) is 19.6 Å². The number of rotatable bonds is 4. The summed E-state index contributed by atoms with van der Waals surface area (Å²) in [4.78, 5) is 12.5. The highest BCUT2D eigenvalue weighted by molar-refractivity contribution is 7.80. The number of hydrazine groups is 1. The summed E-state index contributed by atoms with van der Waals surface area (Å²) in [6.45, 7) is 9.56. The number of carbonyl (C=O) groups excluding carboxylic acids is 1. The third-order valence-corrected chi connectivity index (χ3v) is 4.45. The van der Waals surface area contributed by atoms with Crippen LogP contribution in [0.3, 0.4) is 0 Å². The molecule has 0 aromatic carbocycles. The molecule has 0 saturated carbocycles. The quantitative estimate of drug-likeness (QED) is 0.502. The van der Waals surface area contributed by atoms with Gasteiger partial charge in [0.05, 0.1) is 5.69 Å². The number of nitrogens with one attached hydrogen (secondary N) is 1. The second kappa shape index (κ2) is 7.81. The first kappa shape index (κ1) is 18.5. The number of carbonyl (C=O) groups is 1. The van der Waals surface area contributed by atoms with Crippen molar-refractivity contribution in [1.82, 2.24) is 25.1 Å². The Balaban J connectivity index is 2.06. The smallest absolute Gasteiger partial charge is 0.265 e. The Morgan fingerprint density at radius 2 is 2.12 bits per heavy atom. The number of hydrogen-bond donors (Lipinski definition) is 1. The maximum absolute atomic E-state index is 12.5. The van der Waals surface area contributed by atoms with Gasteiger partial charge in [-0.15, -0.1) is 0 Å². The highest BCUT2D eigenvalue weighted by Gasteiger charge is 2.27. The summed E-state index contributed by atoms with van der Waals surface area (Å²) in [5.74, 6) is -0.133. The molecule has 1 saturated heterocycles. The van der Waals surface area contributed by atoms with Crippen molar-refractivity contribution >= 4 is 40.9 Å². The van der Waals surface area contributed by atoms with E-state index in [0.717, 1.165) is 23.3 Å². The van der Waals surface area contributed by atoms with Crippen LogP contribution >= 0.6 is 23.8 Å². The molecule has 1 aromatic heterocycles. The maximum atomic E-state index is 12.5. The van der Waals surface area contributed by atoms with Crippen LogP contribution in [0.25, 0.3) is 6.08 Å². The predicted molar refractivity (Wildman–Crippen MR) is 100 cm³/mol. The Morgan fingerprint density at radius 1 is 1.46 bits per heavy atom. The average molecular weight is 368 g/mol. The van der Waals surface area contributed by atoms with Gasteiger partial charge < -0.3 is 5.32 Å². The van der Waals surface area contributed by atoms with Gasteiger partial charge in [-0.1, -0.05) is 23.8 Å². The molecule has 1 aliphatic rings. The van der Waals surface area contributed by atoms with Crippen molar-refractivity contribution in [3.8, 4) is 0 Å². The Morgan fingerprint density at radius 3 is 2.71 bits per heavy atom. The van der Waals surface area contributed by atoms with Crippen LogP contribution < -0.4 is 5.32 Å². The van der Waals surface area contributed by atoms with E-state index in [1.165, 1.54) is 6.08 Å². The van der Waals surface area contributed by atoms with Gasteiger partial charge in [0.1, 0.15) is 5.15 Å². The van der Waals surface area contributed by atoms with E-state index < -0.39 is 0 Å². The molecule has 130 valence electrons. The molecular formula is C16H22ClN5OS. The van der Waals surface area contributed by atoms with E-state index in [4.69, 9.17) is 23.8 Å². The molecule has 1 aliphatic heterocycles. The van der Waals surface area contributed by atoms with Crippen molar-refractivity contribution in [2.24, 2.45) is 7.05 Å². The van der Waals surface area contributed by atoms with Gasteiger partial charge in [-0.25, -0.2) is 5.01 Å². The number of aromatic nitrogens is 2. The molecule has 0 atom stereocenters. The fraction of sp³-hybridized carbons (Fsp3) is 0.438. The van der Waals surface area contributed by atoms with E-state index in [9.17, 15) is 4.79 Å². The fourth-order valence-electron chi connectivity index (χ4n) is 2.45. The Bertz CT molecular complexity index is 697. The van der Waals surface area contributed by atoms with Crippen molar-refractivity contribution in [3.05, 3.63) is 34.6 Å². The van der Waals surface area contributed by atoms with Crippen LogP contribution in [-0.2, 0) is 11.8 Å². The molecule has 1 aromatic rings.